The average Bonchev–Trinajstić information content (AvgIpc) is 3.51. The molecular formula is C24H28N2O3. The van der Waals surface area contributed by atoms with E-state index in [2.05, 4.69) is 24.4 Å². The van der Waals surface area contributed by atoms with E-state index in [0.717, 1.165) is 28.9 Å². The third-order valence-electron chi connectivity index (χ3n) is 6.11. The highest BCUT2D eigenvalue weighted by Gasteiger charge is 2.42. The van der Waals surface area contributed by atoms with Crippen LogP contribution < -0.4 is 10.1 Å². The van der Waals surface area contributed by atoms with Crippen molar-refractivity contribution in [2.75, 3.05) is 26.7 Å². The van der Waals surface area contributed by atoms with E-state index < -0.39 is 0 Å². The summed E-state index contributed by atoms with van der Waals surface area (Å²) in [6.45, 7) is 3.72. The van der Waals surface area contributed by atoms with E-state index in [0.29, 0.717) is 32.0 Å². The first-order valence-electron chi connectivity index (χ1n) is 10.4. The molecule has 0 spiro atoms. The number of ether oxygens (including phenoxy) is 1. The zero-order chi connectivity index (χ0) is 20.4. The van der Waals surface area contributed by atoms with Crippen LogP contribution in [0.1, 0.15) is 18.9 Å². The van der Waals surface area contributed by atoms with Gasteiger partial charge in [0, 0.05) is 31.1 Å². The summed E-state index contributed by atoms with van der Waals surface area (Å²) in [4.78, 5) is 27.4. The lowest BCUT2D eigenvalue weighted by Gasteiger charge is -2.24. The standard InChI is InChI=1S/C24H28N2O3/c1-16-13-21(16)24(28)26-12-11-25-23(27)18(15-26)14-17-7-3-4-8-19(17)20-9-5-6-10-22(20)29-2/h3-10,16,18,21H,11-15H2,1-2H3,(H,25,27). The monoisotopic (exact) mass is 392 g/mol. The van der Waals surface area contributed by atoms with Crippen LogP contribution in [-0.4, -0.2) is 43.5 Å². The van der Waals surface area contributed by atoms with E-state index in [1.54, 1.807) is 7.11 Å². The first-order valence-corrected chi connectivity index (χ1v) is 10.4. The van der Waals surface area contributed by atoms with Crippen molar-refractivity contribution in [2.24, 2.45) is 17.8 Å². The maximum atomic E-state index is 12.8. The number of benzene rings is 2. The second-order valence-electron chi connectivity index (χ2n) is 8.15. The van der Waals surface area contributed by atoms with Gasteiger partial charge in [0.1, 0.15) is 5.75 Å². The molecule has 5 heteroatoms. The van der Waals surface area contributed by atoms with Gasteiger partial charge >= 0.3 is 0 Å². The Labute approximate surface area is 172 Å². The summed E-state index contributed by atoms with van der Waals surface area (Å²) in [6, 6.07) is 16.1. The van der Waals surface area contributed by atoms with E-state index in [1.807, 2.05) is 41.3 Å². The molecule has 1 aliphatic heterocycles. The van der Waals surface area contributed by atoms with Crippen LogP contribution in [0.3, 0.4) is 0 Å². The summed E-state index contributed by atoms with van der Waals surface area (Å²) >= 11 is 0. The number of nitrogens with one attached hydrogen (secondary N) is 1. The van der Waals surface area contributed by atoms with Gasteiger partial charge in [-0.3, -0.25) is 9.59 Å². The fourth-order valence-electron chi connectivity index (χ4n) is 4.25. The topological polar surface area (TPSA) is 58.6 Å². The fourth-order valence-corrected chi connectivity index (χ4v) is 4.25. The van der Waals surface area contributed by atoms with Crippen molar-refractivity contribution in [3.05, 3.63) is 54.1 Å². The number of para-hydroxylation sites is 1. The highest BCUT2D eigenvalue weighted by Crippen LogP contribution is 2.39. The minimum atomic E-state index is -0.258. The number of carbonyl (C=O) groups is 2. The lowest BCUT2D eigenvalue weighted by atomic mass is 9.91. The van der Waals surface area contributed by atoms with E-state index >= 15 is 0 Å². The lowest BCUT2D eigenvalue weighted by molar-refractivity contribution is -0.133. The molecule has 1 heterocycles. The SMILES string of the molecule is COc1ccccc1-c1ccccc1CC1CN(C(=O)C2CC2C)CCNC1=O. The molecule has 0 bridgehead atoms. The van der Waals surface area contributed by atoms with E-state index in [1.165, 1.54) is 0 Å². The molecule has 0 aromatic heterocycles. The molecule has 1 saturated heterocycles. The maximum absolute atomic E-state index is 12.8. The Hall–Kier alpha value is -2.82. The normalized spacial score (nSPS) is 23.9. The minimum absolute atomic E-state index is 0.0268. The Morgan fingerprint density at radius 2 is 1.83 bits per heavy atom. The van der Waals surface area contributed by atoms with Crippen LogP contribution in [0.25, 0.3) is 11.1 Å². The highest BCUT2D eigenvalue weighted by molar-refractivity contribution is 5.85. The van der Waals surface area contributed by atoms with Crippen molar-refractivity contribution in [1.29, 1.82) is 0 Å². The predicted octanol–water partition coefficient (Wildman–Crippen LogP) is 3.14. The second kappa shape index (κ2) is 8.27. The molecule has 1 N–H and O–H groups in total. The fraction of sp³-hybridized carbons (Fsp3) is 0.417. The van der Waals surface area contributed by atoms with Crippen LogP contribution in [0.2, 0.25) is 0 Å². The average molecular weight is 392 g/mol. The van der Waals surface area contributed by atoms with Gasteiger partial charge in [0.2, 0.25) is 11.8 Å². The number of methoxy groups -OCH3 is 1. The quantitative estimate of drug-likeness (QED) is 0.851. The van der Waals surface area contributed by atoms with Crippen molar-refractivity contribution in [3.8, 4) is 16.9 Å². The summed E-state index contributed by atoms with van der Waals surface area (Å²) in [5.41, 5.74) is 3.17. The zero-order valence-corrected chi connectivity index (χ0v) is 17.1. The van der Waals surface area contributed by atoms with E-state index in [9.17, 15) is 9.59 Å². The van der Waals surface area contributed by atoms with Crippen molar-refractivity contribution < 1.29 is 14.3 Å². The Morgan fingerprint density at radius 1 is 1.14 bits per heavy atom. The third-order valence-corrected chi connectivity index (χ3v) is 6.11. The van der Waals surface area contributed by atoms with Crippen LogP contribution in [-0.2, 0) is 16.0 Å². The third kappa shape index (κ3) is 4.14. The second-order valence-corrected chi connectivity index (χ2v) is 8.15. The summed E-state index contributed by atoms with van der Waals surface area (Å²) in [7, 11) is 1.67. The van der Waals surface area contributed by atoms with Crippen LogP contribution in [0.5, 0.6) is 5.75 Å². The molecule has 2 amide bonds. The molecular weight excluding hydrogens is 364 g/mol. The smallest absolute Gasteiger partial charge is 0.226 e. The molecule has 2 aromatic rings. The van der Waals surface area contributed by atoms with Gasteiger partial charge in [0.15, 0.2) is 0 Å². The number of hydrogen-bond donors (Lipinski definition) is 1. The van der Waals surface area contributed by atoms with Gasteiger partial charge in [-0.05, 0) is 36.0 Å². The van der Waals surface area contributed by atoms with Crippen molar-refractivity contribution in [3.63, 3.8) is 0 Å². The first kappa shape index (κ1) is 19.5. The van der Waals surface area contributed by atoms with Crippen LogP contribution in [0.15, 0.2) is 48.5 Å². The van der Waals surface area contributed by atoms with Gasteiger partial charge in [-0.15, -0.1) is 0 Å². The summed E-state index contributed by atoms with van der Waals surface area (Å²) in [5, 5.41) is 2.99. The van der Waals surface area contributed by atoms with Gasteiger partial charge in [0.05, 0.1) is 13.0 Å². The zero-order valence-electron chi connectivity index (χ0n) is 17.1. The molecule has 152 valence electrons. The van der Waals surface area contributed by atoms with Gasteiger partial charge in [0.25, 0.3) is 0 Å². The Kier molecular flexibility index (Phi) is 5.56. The number of hydrogen-bond acceptors (Lipinski definition) is 3. The van der Waals surface area contributed by atoms with Crippen molar-refractivity contribution >= 4 is 11.8 Å². The van der Waals surface area contributed by atoms with Crippen LogP contribution >= 0.6 is 0 Å². The minimum Gasteiger partial charge on any atom is -0.496 e. The predicted molar refractivity (Wildman–Crippen MR) is 112 cm³/mol. The molecule has 29 heavy (non-hydrogen) atoms. The van der Waals surface area contributed by atoms with Crippen LogP contribution in [0.4, 0.5) is 0 Å². The summed E-state index contributed by atoms with van der Waals surface area (Å²) in [6.07, 6.45) is 1.56. The van der Waals surface area contributed by atoms with Crippen molar-refractivity contribution in [1.82, 2.24) is 10.2 Å². The molecule has 5 nitrogen and oxygen atoms in total. The Balaban J connectivity index is 1.59. The number of amides is 2. The molecule has 1 aliphatic carbocycles. The Bertz CT molecular complexity index is 911. The number of carbonyl (C=O) groups excluding carboxylic acids is 2. The van der Waals surface area contributed by atoms with Gasteiger partial charge in [-0.25, -0.2) is 0 Å². The van der Waals surface area contributed by atoms with Gasteiger partial charge in [-0.1, -0.05) is 49.4 Å². The van der Waals surface area contributed by atoms with E-state index in [4.69, 9.17) is 4.74 Å². The Morgan fingerprint density at radius 3 is 2.55 bits per heavy atom. The molecule has 2 aromatic carbocycles. The van der Waals surface area contributed by atoms with Gasteiger partial charge in [-0.2, -0.15) is 0 Å². The lowest BCUT2D eigenvalue weighted by Crippen LogP contribution is -2.38. The molecule has 0 radical (unpaired) electrons. The summed E-state index contributed by atoms with van der Waals surface area (Å²) in [5.74, 6) is 1.40. The largest absolute Gasteiger partial charge is 0.496 e. The van der Waals surface area contributed by atoms with Gasteiger partial charge < -0.3 is 15.0 Å². The molecule has 4 rings (SSSR count). The summed E-state index contributed by atoms with van der Waals surface area (Å²) < 4.78 is 5.55. The molecule has 2 fully saturated rings. The van der Waals surface area contributed by atoms with E-state index in [-0.39, 0.29) is 23.7 Å². The molecule has 3 atom stereocenters. The molecule has 3 unspecified atom stereocenters. The highest BCUT2D eigenvalue weighted by atomic mass is 16.5. The first-order chi connectivity index (χ1) is 14.1. The molecule has 2 aliphatic rings. The van der Waals surface area contributed by atoms with Crippen molar-refractivity contribution in [2.45, 2.75) is 19.8 Å². The maximum Gasteiger partial charge on any atom is 0.226 e. The van der Waals surface area contributed by atoms with Crippen LogP contribution in [0, 0.1) is 17.8 Å². The number of nitrogens with zero attached hydrogens (tertiary/aromatic N) is 1. The number of rotatable bonds is 5. The molecule has 1 saturated carbocycles.